The first-order valence-electron chi connectivity index (χ1n) is 6.66. The Balaban J connectivity index is 2.28. The summed E-state index contributed by atoms with van der Waals surface area (Å²) in [6.45, 7) is 8.85. The molecule has 0 saturated carbocycles. The number of rotatable bonds is 3. The molecule has 94 valence electrons. The van der Waals surface area contributed by atoms with E-state index in [0.29, 0.717) is 6.04 Å². The minimum absolute atomic E-state index is 0.190. The highest BCUT2D eigenvalue weighted by molar-refractivity contribution is 5.32. The number of hydrogen-bond donors (Lipinski definition) is 1. The Morgan fingerprint density at radius 1 is 1.12 bits per heavy atom. The number of benzene rings is 1. The van der Waals surface area contributed by atoms with Crippen LogP contribution >= 0.6 is 0 Å². The summed E-state index contributed by atoms with van der Waals surface area (Å²) in [5.41, 5.74) is 10.3. The zero-order chi connectivity index (χ0) is 12.4. The average Bonchev–Trinajstić information content (AvgIpc) is 2.76. The highest BCUT2D eigenvalue weighted by Gasteiger charge is 2.26. The van der Waals surface area contributed by atoms with Crippen molar-refractivity contribution in [1.29, 1.82) is 0 Å². The zero-order valence-electron chi connectivity index (χ0n) is 11.2. The average molecular weight is 232 g/mol. The van der Waals surface area contributed by atoms with Crippen LogP contribution in [-0.2, 0) is 0 Å². The molecule has 0 amide bonds. The fourth-order valence-electron chi connectivity index (χ4n) is 2.82. The number of aryl methyl sites for hydroxylation is 2. The summed E-state index contributed by atoms with van der Waals surface area (Å²) in [6, 6.07) is 7.35. The van der Waals surface area contributed by atoms with E-state index in [0.717, 1.165) is 0 Å². The van der Waals surface area contributed by atoms with Gasteiger partial charge in [-0.2, -0.15) is 0 Å². The Morgan fingerprint density at radius 2 is 1.76 bits per heavy atom. The van der Waals surface area contributed by atoms with Crippen LogP contribution in [0.2, 0.25) is 0 Å². The summed E-state index contributed by atoms with van der Waals surface area (Å²) in [5, 5.41) is 0. The quantitative estimate of drug-likeness (QED) is 0.868. The Morgan fingerprint density at radius 3 is 2.29 bits per heavy atom. The monoisotopic (exact) mass is 232 g/mol. The van der Waals surface area contributed by atoms with Gasteiger partial charge in [-0.3, -0.25) is 4.90 Å². The largest absolute Gasteiger partial charge is 0.326 e. The molecule has 0 aromatic heterocycles. The van der Waals surface area contributed by atoms with Gasteiger partial charge in [-0.15, -0.1) is 0 Å². The molecule has 2 heteroatoms. The first-order valence-corrected chi connectivity index (χ1v) is 6.66. The van der Waals surface area contributed by atoms with Crippen molar-refractivity contribution in [2.24, 2.45) is 5.73 Å². The third-order valence-electron chi connectivity index (χ3n) is 3.90. The van der Waals surface area contributed by atoms with Gasteiger partial charge in [-0.05, 0) is 63.4 Å². The summed E-state index contributed by atoms with van der Waals surface area (Å²) in [6.07, 6.45) is 2.63. The molecule has 1 aliphatic rings. The van der Waals surface area contributed by atoms with Crippen LogP contribution in [0.25, 0.3) is 0 Å². The molecule has 0 spiro atoms. The molecule has 0 aliphatic carbocycles. The van der Waals surface area contributed by atoms with E-state index in [2.05, 4.69) is 43.9 Å². The van der Waals surface area contributed by atoms with Gasteiger partial charge in [0.15, 0.2) is 0 Å². The molecule has 1 fully saturated rings. The first-order chi connectivity index (χ1) is 8.09. The van der Waals surface area contributed by atoms with Gasteiger partial charge in [-0.25, -0.2) is 0 Å². The van der Waals surface area contributed by atoms with E-state index < -0.39 is 0 Å². The molecule has 2 rings (SSSR count). The van der Waals surface area contributed by atoms with Crippen molar-refractivity contribution in [3.05, 3.63) is 34.9 Å². The molecule has 1 aromatic carbocycles. The van der Waals surface area contributed by atoms with Crippen molar-refractivity contribution in [1.82, 2.24) is 4.90 Å². The van der Waals surface area contributed by atoms with E-state index in [9.17, 15) is 0 Å². The van der Waals surface area contributed by atoms with Crippen molar-refractivity contribution in [3.63, 3.8) is 0 Å². The summed E-state index contributed by atoms with van der Waals surface area (Å²) in [4.78, 5) is 2.54. The molecule has 2 N–H and O–H groups in total. The number of nitrogens with two attached hydrogens (primary N) is 1. The summed E-state index contributed by atoms with van der Waals surface area (Å²) < 4.78 is 0. The van der Waals surface area contributed by atoms with E-state index in [-0.39, 0.29) is 6.04 Å². The van der Waals surface area contributed by atoms with Gasteiger partial charge in [0, 0.05) is 12.1 Å². The molecule has 2 atom stereocenters. The maximum Gasteiger partial charge on any atom is 0.0496 e. The molecule has 0 bridgehead atoms. The molecule has 17 heavy (non-hydrogen) atoms. The van der Waals surface area contributed by atoms with Crippen LogP contribution in [-0.4, -0.2) is 24.0 Å². The molecular formula is C15H24N2. The second-order valence-electron chi connectivity index (χ2n) is 5.39. The molecule has 1 aliphatic heterocycles. The van der Waals surface area contributed by atoms with Crippen molar-refractivity contribution in [2.45, 2.75) is 45.7 Å². The zero-order valence-corrected chi connectivity index (χ0v) is 11.2. The first kappa shape index (κ1) is 12.6. The van der Waals surface area contributed by atoms with Crippen LogP contribution in [0.3, 0.4) is 0 Å². The van der Waals surface area contributed by atoms with Crippen molar-refractivity contribution >= 4 is 0 Å². The highest BCUT2D eigenvalue weighted by atomic mass is 15.2. The van der Waals surface area contributed by atoms with Gasteiger partial charge in [0.25, 0.3) is 0 Å². The number of nitrogens with zero attached hydrogens (tertiary/aromatic N) is 1. The Kier molecular flexibility index (Phi) is 3.85. The Bertz CT molecular complexity index is 379. The molecule has 1 heterocycles. The van der Waals surface area contributed by atoms with Gasteiger partial charge in [0.05, 0.1) is 0 Å². The fraction of sp³-hybridized carbons (Fsp3) is 0.600. The highest BCUT2D eigenvalue weighted by Crippen LogP contribution is 2.28. The summed E-state index contributed by atoms with van der Waals surface area (Å²) in [7, 11) is 0. The van der Waals surface area contributed by atoms with Crippen LogP contribution in [0, 0.1) is 13.8 Å². The van der Waals surface area contributed by atoms with Crippen LogP contribution in [0.5, 0.6) is 0 Å². The molecule has 1 aromatic rings. The predicted molar refractivity (Wildman–Crippen MR) is 73.1 cm³/mol. The second-order valence-corrected chi connectivity index (χ2v) is 5.39. The van der Waals surface area contributed by atoms with Gasteiger partial charge in [0.2, 0.25) is 0 Å². The van der Waals surface area contributed by atoms with Gasteiger partial charge >= 0.3 is 0 Å². The third kappa shape index (κ3) is 2.70. The third-order valence-corrected chi connectivity index (χ3v) is 3.90. The van der Waals surface area contributed by atoms with Gasteiger partial charge in [-0.1, -0.05) is 18.2 Å². The van der Waals surface area contributed by atoms with E-state index >= 15 is 0 Å². The summed E-state index contributed by atoms with van der Waals surface area (Å²) in [5.74, 6) is 0. The minimum atomic E-state index is 0.190. The Labute approximate surface area is 105 Å². The maximum atomic E-state index is 6.19. The second kappa shape index (κ2) is 5.19. The van der Waals surface area contributed by atoms with Gasteiger partial charge in [0.1, 0.15) is 0 Å². The van der Waals surface area contributed by atoms with Crippen molar-refractivity contribution in [2.75, 3.05) is 13.1 Å². The van der Waals surface area contributed by atoms with E-state index in [1.807, 2.05) is 0 Å². The topological polar surface area (TPSA) is 29.3 Å². The standard InChI is InChI=1S/C15H24N2/c1-11-6-7-14(10-12(11)2)15(13(3)16)17-8-4-5-9-17/h6-7,10,13,15H,4-5,8-9,16H2,1-3H3. The smallest absolute Gasteiger partial charge is 0.0496 e. The predicted octanol–water partition coefficient (Wildman–Crippen LogP) is 2.79. The van der Waals surface area contributed by atoms with Crippen molar-refractivity contribution < 1.29 is 0 Å². The van der Waals surface area contributed by atoms with Crippen LogP contribution in [0.1, 0.15) is 42.5 Å². The van der Waals surface area contributed by atoms with Gasteiger partial charge < -0.3 is 5.73 Å². The lowest BCUT2D eigenvalue weighted by Gasteiger charge is -2.31. The molecular weight excluding hydrogens is 208 g/mol. The van der Waals surface area contributed by atoms with Crippen LogP contribution < -0.4 is 5.73 Å². The maximum absolute atomic E-state index is 6.19. The minimum Gasteiger partial charge on any atom is -0.326 e. The Hall–Kier alpha value is -0.860. The molecule has 2 unspecified atom stereocenters. The van der Waals surface area contributed by atoms with Crippen molar-refractivity contribution in [3.8, 4) is 0 Å². The van der Waals surface area contributed by atoms with E-state index in [4.69, 9.17) is 5.73 Å². The SMILES string of the molecule is Cc1ccc(C(C(C)N)N2CCCC2)cc1C. The normalized spacial score (nSPS) is 20.5. The number of hydrogen-bond acceptors (Lipinski definition) is 2. The molecule has 2 nitrogen and oxygen atoms in total. The lowest BCUT2D eigenvalue weighted by Crippen LogP contribution is -2.37. The molecule has 0 radical (unpaired) electrons. The molecule has 1 saturated heterocycles. The lowest BCUT2D eigenvalue weighted by atomic mass is 9.96. The van der Waals surface area contributed by atoms with E-state index in [1.54, 1.807) is 0 Å². The van der Waals surface area contributed by atoms with E-state index in [1.165, 1.54) is 42.6 Å². The fourth-order valence-corrected chi connectivity index (χ4v) is 2.82. The number of likely N-dealkylation sites (tertiary alicyclic amines) is 1. The lowest BCUT2D eigenvalue weighted by molar-refractivity contribution is 0.219. The van der Waals surface area contributed by atoms with Crippen LogP contribution in [0.15, 0.2) is 18.2 Å². The van der Waals surface area contributed by atoms with Crippen LogP contribution in [0.4, 0.5) is 0 Å². The summed E-state index contributed by atoms with van der Waals surface area (Å²) >= 11 is 0.